The van der Waals surface area contributed by atoms with Crippen LogP contribution in [0.5, 0.6) is 0 Å². The average Bonchev–Trinajstić information content (AvgIpc) is 2.82. The first-order chi connectivity index (χ1) is 9.56. The van der Waals surface area contributed by atoms with Crippen molar-refractivity contribution in [2.45, 2.75) is 33.2 Å². The monoisotopic (exact) mass is 274 g/mol. The molecule has 1 aliphatic heterocycles. The average molecular weight is 274 g/mol. The first-order valence-electron chi connectivity index (χ1n) is 7.21. The van der Waals surface area contributed by atoms with Crippen molar-refractivity contribution in [2.75, 3.05) is 13.1 Å². The zero-order valence-electron chi connectivity index (χ0n) is 12.2. The Labute approximate surface area is 120 Å². The Morgan fingerprint density at radius 2 is 2.20 bits per heavy atom. The van der Waals surface area contributed by atoms with Gasteiger partial charge in [0.2, 0.25) is 5.91 Å². The lowest BCUT2D eigenvalue weighted by Crippen LogP contribution is -2.27. The first kappa shape index (κ1) is 14.6. The van der Waals surface area contributed by atoms with Crippen molar-refractivity contribution in [1.29, 1.82) is 0 Å². The van der Waals surface area contributed by atoms with Crippen LogP contribution in [-0.2, 0) is 11.3 Å². The molecular formula is C16H22N2O2. The van der Waals surface area contributed by atoms with Gasteiger partial charge in [0.1, 0.15) is 0 Å². The standard InChI is InChI=1S/C16H22N2O2/c1-12(2)10-17-16(20)14-6-3-5-13(9-14)11-18-8-4-7-15(18)19/h3,5-6,9,12H,4,7-8,10-11H2,1-2H3,(H,17,20). The third-order valence-corrected chi connectivity index (χ3v) is 3.40. The molecule has 0 aliphatic carbocycles. The highest BCUT2D eigenvalue weighted by molar-refractivity contribution is 5.94. The molecule has 2 amide bonds. The van der Waals surface area contributed by atoms with E-state index in [4.69, 9.17) is 0 Å². The molecule has 4 nitrogen and oxygen atoms in total. The maximum atomic E-state index is 12.0. The third-order valence-electron chi connectivity index (χ3n) is 3.40. The van der Waals surface area contributed by atoms with Gasteiger partial charge in [0.25, 0.3) is 5.91 Å². The highest BCUT2D eigenvalue weighted by Crippen LogP contribution is 2.15. The van der Waals surface area contributed by atoms with E-state index in [1.165, 1.54) is 0 Å². The maximum absolute atomic E-state index is 12.0. The second kappa shape index (κ2) is 6.55. The number of carbonyl (C=O) groups is 2. The molecule has 0 atom stereocenters. The van der Waals surface area contributed by atoms with Crippen LogP contribution < -0.4 is 5.32 Å². The summed E-state index contributed by atoms with van der Waals surface area (Å²) in [5, 5.41) is 2.91. The smallest absolute Gasteiger partial charge is 0.251 e. The highest BCUT2D eigenvalue weighted by atomic mass is 16.2. The number of carbonyl (C=O) groups excluding carboxylic acids is 2. The minimum absolute atomic E-state index is 0.0479. The molecule has 20 heavy (non-hydrogen) atoms. The maximum Gasteiger partial charge on any atom is 0.251 e. The molecule has 1 saturated heterocycles. The van der Waals surface area contributed by atoms with Crippen LogP contribution in [0, 0.1) is 5.92 Å². The Bertz CT molecular complexity index is 497. The predicted octanol–water partition coefficient (Wildman–Crippen LogP) is 2.19. The van der Waals surface area contributed by atoms with Crippen LogP contribution in [0.1, 0.15) is 42.6 Å². The van der Waals surface area contributed by atoms with Gasteiger partial charge in [-0.15, -0.1) is 0 Å². The quantitative estimate of drug-likeness (QED) is 0.895. The molecule has 0 aromatic heterocycles. The Balaban J connectivity index is 2.00. The normalized spacial score (nSPS) is 14.9. The summed E-state index contributed by atoms with van der Waals surface area (Å²) in [5.74, 6) is 0.595. The van der Waals surface area contributed by atoms with Crippen LogP contribution in [0.3, 0.4) is 0 Å². The zero-order chi connectivity index (χ0) is 14.5. The molecule has 1 N–H and O–H groups in total. The van der Waals surface area contributed by atoms with Gasteiger partial charge in [0, 0.05) is 31.6 Å². The van der Waals surface area contributed by atoms with E-state index in [1.807, 2.05) is 29.2 Å². The molecular weight excluding hydrogens is 252 g/mol. The Hall–Kier alpha value is -1.84. The molecule has 0 spiro atoms. The van der Waals surface area contributed by atoms with E-state index < -0.39 is 0 Å². The highest BCUT2D eigenvalue weighted by Gasteiger charge is 2.20. The molecule has 4 heteroatoms. The fraction of sp³-hybridized carbons (Fsp3) is 0.500. The lowest BCUT2D eigenvalue weighted by atomic mass is 10.1. The van der Waals surface area contributed by atoms with Crippen LogP contribution in [0.2, 0.25) is 0 Å². The number of hydrogen-bond donors (Lipinski definition) is 1. The second-order valence-electron chi connectivity index (χ2n) is 5.72. The minimum atomic E-state index is -0.0479. The summed E-state index contributed by atoms with van der Waals surface area (Å²) in [6.45, 7) is 6.23. The number of likely N-dealkylation sites (tertiary alicyclic amines) is 1. The van der Waals surface area contributed by atoms with Gasteiger partial charge in [0.05, 0.1) is 0 Å². The van der Waals surface area contributed by atoms with E-state index in [2.05, 4.69) is 19.2 Å². The fourth-order valence-corrected chi connectivity index (χ4v) is 2.30. The van der Waals surface area contributed by atoms with Crippen molar-refractivity contribution in [2.24, 2.45) is 5.92 Å². The number of nitrogens with one attached hydrogen (secondary N) is 1. The Morgan fingerprint density at radius 1 is 1.40 bits per heavy atom. The summed E-state index contributed by atoms with van der Waals surface area (Å²) in [6.07, 6.45) is 1.59. The van der Waals surface area contributed by atoms with Crippen LogP contribution in [0.25, 0.3) is 0 Å². The molecule has 0 bridgehead atoms. The summed E-state index contributed by atoms with van der Waals surface area (Å²) >= 11 is 0. The fourth-order valence-electron chi connectivity index (χ4n) is 2.30. The Morgan fingerprint density at radius 3 is 2.85 bits per heavy atom. The number of nitrogens with zero attached hydrogens (tertiary/aromatic N) is 1. The largest absolute Gasteiger partial charge is 0.352 e. The first-order valence-corrected chi connectivity index (χ1v) is 7.21. The molecule has 0 unspecified atom stereocenters. The molecule has 2 rings (SSSR count). The molecule has 1 fully saturated rings. The number of amides is 2. The van der Waals surface area contributed by atoms with E-state index in [1.54, 1.807) is 0 Å². The number of benzene rings is 1. The van der Waals surface area contributed by atoms with Gasteiger partial charge in [0.15, 0.2) is 0 Å². The van der Waals surface area contributed by atoms with Gasteiger partial charge in [-0.25, -0.2) is 0 Å². The topological polar surface area (TPSA) is 49.4 Å². The molecule has 108 valence electrons. The van der Waals surface area contributed by atoms with Crippen LogP contribution in [0.4, 0.5) is 0 Å². The van der Waals surface area contributed by atoms with E-state index in [-0.39, 0.29) is 11.8 Å². The van der Waals surface area contributed by atoms with Crippen LogP contribution in [-0.4, -0.2) is 29.8 Å². The Kier molecular flexibility index (Phi) is 4.77. The predicted molar refractivity (Wildman–Crippen MR) is 78.3 cm³/mol. The van der Waals surface area contributed by atoms with Crippen molar-refractivity contribution >= 4 is 11.8 Å². The van der Waals surface area contributed by atoms with Gasteiger partial charge in [-0.1, -0.05) is 26.0 Å². The van der Waals surface area contributed by atoms with E-state index >= 15 is 0 Å². The molecule has 1 aromatic rings. The van der Waals surface area contributed by atoms with Gasteiger partial charge in [-0.05, 0) is 30.0 Å². The van der Waals surface area contributed by atoms with Gasteiger partial charge < -0.3 is 10.2 Å². The van der Waals surface area contributed by atoms with Crippen LogP contribution >= 0.6 is 0 Å². The molecule has 1 aromatic carbocycles. The number of hydrogen-bond acceptors (Lipinski definition) is 2. The van der Waals surface area contributed by atoms with Crippen molar-refractivity contribution in [3.8, 4) is 0 Å². The van der Waals surface area contributed by atoms with Crippen molar-refractivity contribution < 1.29 is 9.59 Å². The van der Waals surface area contributed by atoms with Crippen molar-refractivity contribution in [1.82, 2.24) is 10.2 Å². The van der Waals surface area contributed by atoms with Gasteiger partial charge in [-0.2, -0.15) is 0 Å². The minimum Gasteiger partial charge on any atom is -0.352 e. The summed E-state index contributed by atoms with van der Waals surface area (Å²) in [7, 11) is 0. The van der Waals surface area contributed by atoms with Gasteiger partial charge >= 0.3 is 0 Å². The third kappa shape index (κ3) is 3.83. The summed E-state index contributed by atoms with van der Waals surface area (Å²) < 4.78 is 0. The molecule has 0 radical (unpaired) electrons. The van der Waals surface area contributed by atoms with Gasteiger partial charge in [-0.3, -0.25) is 9.59 Å². The second-order valence-corrected chi connectivity index (χ2v) is 5.72. The molecule has 1 heterocycles. The summed E-state index contributed by atoms with van der Waals surface area (Å²) in [5.41, 5.74) is 1.67. The van der Waals surface area contributed by atoms with E-state index in [0.29, 0.717) is 31.0 Å². The SMILES string of the molecule is CC(C)CNC(=O)c1cccc(CN2CCCC2=O)c1. The van der Waals surface area contributed by atoms with E-state index in [0.717, 1.165) is 18.5 Å². The number of rotatable bonds is 5. The van der Waals surface area contributed by atoms with E-state index in [9.17, 15) is 9.59 Å². The van der Waals surface area contributed by atoms with Crippen molar-refractivity contribution in [3.05, 3.63) is 35.4 Å². The summed E-state index contributed by atoms with van der Waals surface area (Å²) in [4.78, 5) is 25.5. The van der Waals surface area contributed by atoms with Crippen molar-refractivity contribution in [3.63, 3.8) is 0 Å². The zero-order valence-corrected chi connectivity index (χ0v) is 12.2. The lowest BCUT2D eigenvalue weighted by molar-refractivity contribution is -0.128. The molecule has 0 saturated carbocycles. The van der Waals surface area contributed by atoms with Crippen LogP contribution in [0.15, 0.2) is 24.3 Å². The summed E-state index contributed by atoms with van der Waals surface area (Å²) in [6, 6.07) is 7.53. The molecule has 1 aliphatic rings. The lowest BCUT2D eigenvalue weighted by Gasteiger charge is -2.16.